The number of carbonyl (C=O) groups is 1. The Labute approximate surface area is 139 Å². The van der Waals surface area contributed by atoms with E-state index in [1.165, 1.54) is 24.2 Å². The first kappa shape index (κ1) is 16.0. The Morgan fingerprint density at radius 2 is 2.30 bits per heavy atom. The van der Waals surface area contributed by atoms with Crippen LogP contribution in [0.1, 0.15) is 39.5 Å². The van der Waals surface area contributed by atoms with Crippen molar-refractivity contribution in [3.63, 3.8) is 0 Å². The number of carbonyl (C=O) groups excluding carboxylic acids is 1. The molecule has 3 N–H and O–H groups in total. The molecule has 1 fully saturated rings. The van der Waals surface area contributed by atoms with Crippen LogP contribution in [-0.2, 0) is 13.1 Å². The summed E-state index contributed by atoms with van der Waals surface area (Å²) in [6, 6.07) is 6.06. The number of nitrogens with two attached hydrogens (primary N) is 1. The van der Waals surface area contributed by atoms with E-state index in [1.54, 1.807) is 5.38 Å². The third-order valence-corrected chi connectivity index (χ3v) is 4.66. The van der Waals surface area contributed by atoms with Gasteiger partial charge < -0.3 is 15.8 Å². The van der Waals surface area contributed by atoms with Crippen LogP contribution < -0.4 is 15.8 Å². The smallest absolute Gasteiger partial charge is 0.271 e. The van der Waals surface area contributed by atoms with Crippen LogP contribution in [0.3, 0.4) is 0 Å². The molecule has 1 aliphatic rings. The number of benzene rings is 1. The van der Waals surface area contributed by atoms with Gasteiger partial charge in [0, 0.05) is 24.0 Å². The minimum atomic E-state index is -0.185. The SMILES string of the molecule is Cc1ccc(CNC(=O)c2csc(CN)n2)c(OCC2CC2)c1. The molecule has 1 saturated carbocycles. The average molecular weight is 331 g/mol. The van der Waals surface area contributed by atoms with Gasteiger partial charge in [-0.1, -0.05) is 12.1 Å². The lowest BCUT2D eigenvalue weighted by atomic mass is 10.1. The normalized spacial score (nSPS) is 13.8. The van der Waals surface area contributed by atoms with Crippen LogP contribution in [0.2, 0.25) is 0 Å². The van der Waals surface area contributed by atoms with Gasteiger partial charge in [-0.15, -0.1) is 11.3 Å². The summed E-state index contributed by atoms with van der Waals surface area (Å²) >= 11 is 1.40. The highest BCUT2D eigenvalue weighted by Crippen LogP contribution is 2.30. The van der Waals surface area contributed by atoms with E-state index in [9.17, 15) is 4.79 Å². The number of aromatic nitrogens is 1. The fourth-order valence-corrected chi connectivity index (χ4v) is 2.86. The minimum Gasteiger partial charge on any atom is -0.493 e. The zero-order chi connectivity index (χ0) is 16.2. The summed E-state index contributed by atoms with van der Waals surface area (Å²) in [5.41, 5.74) is 8.08. The monoisotopic (exact) mass is 331 g/mol. The maximum absolute atomic E-state index is 12.2. The van der Waals surface area contributed by atoms with Crippen LogP contribution in [0.15, 0.2) is 23.6 Å². The maximum Gasteiger partial charge on any atom is 0.271 e. The Balaban J connectivity index is 1.63. The second kappa shape index (κ2) is 7.10. The van der Waals surface area contributed by atoms with Gasteiger partial charge in [-0.3, -0.25) is 4.79 Å². The number of aryl methyl sites for hydroxylation is 1. The number of hydrogen-bond donors (Lipinski definition) is 2. The Morgan fingerprint density at radius 3 is 3.00 bits per heavy atom. The third kappa shape index (κ3) is 4.30. The van der Waals surface area contributed by atoms with E-state index in [0.717, 1.165) is 28.5 Å². The van der Waals surface area contributed by atoms with E-state index in [-0.39, 0.29) is 5.91 Å². The molecule has 122 valence electrons. The maximum atomic E-state index is 12.2. The topological polar surface area (TPSA) is 77.2 Å². The number of nitrogens with one attached hydrogen (secondary N) is 1. The molecular formula is C17H21N3O2S. The van der Waals surface area contributed by atoms with Gasteiger partial charge in [0.15, 0.2) is 0 Å². The number of rotatable bonds is 7. The van der Waals surface area contributed by atoms with E-state index in [4.69, 9.17) is 10.5 Å². The highest BCUT2D eigenvalue weighted by atomic mass is 32.1. The molecule has 5 nitrogen and oxygen atoms in total. The van der Waals surface area contributed by atoms with Crippen molar-refractivity contribution in [3.05, 3.63) is 45.4 Å². The molecular weight excluding hydrogens is 310 g/mol. The summed E-state index contributed by atoms with van der Waals surface area (Å²) in [6.45, 7) is 3.58. The molecule has 0 spiro atoms. The zero-order valence-corrected chi connectivity index (χ0v) is 14.0. The van der Waals surface area contributed by atoms with Crippen molar-refractivity contribution < 1.29 is 9.53 Å². The molecule has 1 heterocycles. The molecule has 0 radical (unpaired) electrons. The lowest BCUT2D eigenvalue weighted by Gasteiger charge is -2.12. The van der Waals surface area contributed by atoms with Gasteiger partial charge in [0.05, 0.1) is 6.61 Å². The summed E-state index contributed by atoms with van der Waals surface area (Å²) < 4.78 is 5.92. The van der Waals surface area contributed by atoms with Crippen LogP contribution in [0, 0.1) is 12.8 Å². The molecule has 6 heteroatoms. The predicted octanol–water partition coefficient (Wildman–Crippen LogP) is 2.63. The molecule has 3 rings (SSSR count). The molecule has 23 heavy (non-hydrogen) atoms. The minimum absolute atomic E-state index is 0.185. The molecule has 0 bridgehead atoms. The Kier molecular flexibility index (Phi) is 4.93. The first-order valence-corrected chi connectivity index (χ1v) is 8.68. The summed E-state index contributed by atoms with van der Waals surface area (Å²) in [5, 5.41) is 5.40. The standard InChI is InChI=1S/C17H21N3O2S/c1-11-2-5-13(15(6-11)22-9-12-3-4-12)8-19-17(21)14-10-23-16(7-18)20-14/h2,5-6,10,12H,3-4,7-9,18H2,1H3,(H,19,21). The summed E-state index contributed by atoms with van der Waals surface area (Å²) in [4.78, 5) is 16.3. The molecule has 1 aromatic carbocycles. The quantitative estimate of drug-likeness (QED) is 0.817. The van der Waals surface area contributed by atoms with Gasteiger partial charge in [-0.2, -0.15) is 0 Å². The highest BCUT2D eigenvalue weighted by molar-refractivity contribution is 7.09. The van der Waals surface area contributed by atoms with Crippen molar-refractivity contribution in [1.29, 1.82) is 0 Å². The van der Waals surface area contributed by atoms with Crippen molar-refractivity contribution in [2.45, 2.75) is 32.9 Å². The lowest BCUT2D eigenvalue weighted by Crippen LogP contribution is -2.23. The van der Waals surface area contributed by atoms with Crippen LogP contribution in [-0.4, -0.2) is 17.5 Å². The highest BCUT2D eigenvalue weighted by Gasteiger charge is 2.22. The average Bonchev–Trinajstić information content (AvgIpc) is 3.26. The molecule has 0 atom stereocenters. The number of ether oxygens (including phenoxy) is 1. The summed E-state index contributed by atoms with van der Waals surface area (Å²) in [7, 11) is 0. The van der Waals surface area contributed by atoms with Crippen molar-refractivity contribution >= 4 is 17.2 Å². The predicted molar refractivity (Wildman–Crippen MR) is 90.6 cm³/mol. The number of hydrogen-bond acceptors (Lipinski definition) is 5. The first-order valence-electron chi connectivity index (χ1n) is 7.80. The van der Waals surface area contributed by atoms with E-state index < -0.39 is 0 Å². The number of nitrogens with zero attached hydrogens (tertiary/aromatic N) is 1. The van der Waals surface area contributed by atoms with Gasteiger partial charge >= 0.3 is 0 Å². The largest absolute Gasteiger partial charge is 0.493 e. The van der Waals surface area contributed by atoms with Gasteiger partial charge in [0.2, 0.25) is 0 Å². The van der Waals surface area contributed by atoms with Crippen LogP contribution in [0.25, 0.3) is 0 Å². The second-order valence-electron chi connectivity index (χ2n) is 5.88. The molecule has 1 aromatic heterocycles. The first-order chi connectivity index (χ1) is 11.2. The molecule has 1 amide bonds. The van der Waals surface area contributed by atoms with E-state index >= 15 is 0 Å². The number of thiazole rings is 1. The van der Waals surface area contributed by atoms with Crippen molar-refractivity contribution in [2.24, 2.45) is 11.7 Å². The van der Waals surface area contributed by atoms with Crippen LogP contribution >= 0.6 is 11.3 Å². The molecule has 0 saturated heterocycles. The fraction of sp³-hybridized carbons (Fsp3) is 0.412. The van der Waals surface area contributed by atoms with Crippen molar-refractivity contribution in [3.8, 4) is 5.75 Å². The van der Waals surface area contributed by atoms with Gasteiger partial charge in [0.25, 0.3) is 5.91 Å². The van der Waals surface area contributed by atoms with E-state index in [1.807, 2.05) is 25.1 Å². The summed E-state index contributed by atoms with van der Waals surface area (Å²) in [6.07, 6.45) is 2.51. The van der Waals surface area contributed by atoms with E-state index in [0.29, 0.717) is 24.7 Å². The lowest BCUT2D eigenvalue weighted by molar-refractivity contribution is 0.0946. The molecule has 1 aliphatic carbocycles. The van der Waals surface area contributed by atoms with Gasteiger partial charge in [-0.05, 0) is 37.3 Å². The summed E-state index contributed by atoms with van der Waals surface area (Å²) in [5.74, 6) is 1.37. The molecule has 0 unspecified atom stereocenters. The second-order valence-corrected chi connectivity index (χ2v) is 6.82. The van der Waals surface area contributed by atoms with E-state index in [2.05, 4.69) is 10.3 Å². The Hall–Kier alpha value is -1.92. The van der Waals surface area contributed by atoms with Crippen LogP contribution in [0.5, 0.6) is 5.75 Å². The molecule has 2 aromatic rings. The van der Waals surface area contributed by atoms with Crippen LogP contribution in [0.4, 0.5) is 0 Å². The number of amides is 1. The Morgan fingerprint density at radius 1 is 1.48 bits per heavy atom. The third-order valence-electron chi connectivity index (χ3n) is 3.79. The van der Waals surface area contributed by atoms with Gasteiger partial charge in [-0.25, -0.2) is 4.98 Å². The Bertz CT molecular complexity index is 695. The van der Waals surface area contributed by atoms with Crippen molar-refractivity contribution in [2.75, 3.05) is 6.61 Å². The molecule has 0 aliphatic heterocycles. The zero-order valence-electron chi connectivity index (χ0n) is 13.2. The van der Waals surface area contributed by atoms with Crippen molar-refractivity contribution in [1.82, 2.24) is 10.3 Å². The fourth-order valence-electron chi connectivity index (χ4n) is 2.21. The van der Waals surface area contributed by atoms with Gasteiger partial charge in [0.1, 0.15) is 16.5 Å².